The highest BCUT2D eigenvalue weighted by atomic mass is 79.9. The maximum Gasteiger partial charge on any atom is 0.272 e. The molecule has 0 aliphatic carbocycles. The quantitative estimate of drug-likeness (QED) is 0.667. The Labute approximate surface area is 160 Å². The topological polar surface area (TPSA) is 74.0 Å². The van der Waals surface area contributed by atoms with E-state index in [4.69, 9.17) is 4.74 Å². The molecule has 3 aromatic rings. The van der Waals surface area contributed by atoms with E-state index in [2.05, 4.69) is 31.4 Å². The molecule has 0 saturated heterocycles. The van der Waals surface area contributed by atoms with E-state index in [1.54, 1.807) is 21.6 Å². The predicted octanol–water partition coefficient (Wildman–Crippen LogP) is 3.22. The SMILES string of the molecule is Cc1nn(C)cc1C(C)NC(=O)c1ccn(COc2ccc(Br)cc2)n1. The molecule has 0 aliphatic rings. The maximum absolute atomic E-state index is 12.4. The van der Waals surface area contributed by atoms with E-state index < -0.39 is 0 Å². The molecule has 1 unspecified atom stereocenters. The molecule has 8 heteroatoms. The first-order chi connectivity index (χ1) is 12.4. The largest absolute Gasteiger partial charge is 0.471 e. The summed E-state index contributed by atoms with van der Waals surface area (Å²) in [5, 5.41) is 11.5. The van der Waals surface area contributed by atoms with Crippen molar-refractivity contribution in [2.24, 2.45) is 7.05 Å². The van der Waals surface area contributed by atoms with E-state index in [0.717, 1.165) is 21.5 Å². The van der Waals surface area contributed by atoms with Gasteiger partial charge in [0.25, 0.3) is 5.91 Å². The summed E-state index contributed by atoms with van der Waals surface area (Å²) in [6.45, 7) is 4.08. The van der Waals surface area contributed by atoms with Crippen LogP contribution in [0.15, 0.2) is 47.2 Å². The van der Waals surface area contributed by atoms with Gasteiger partial charge in [-0.25, -0.2) is 4.68 Å². The Morgan fingerprint density at radius 3 is 2.65 bits per heavy atom. The van der Waals surface area contributed by atoms with E-state index in [9.17, 15) is 4.79 Å². The third-order valence-corrected chi connectivity index (χ3v) is 4.44. The summed E-state index contributed by atoms with van der Waals surface area (Å²) in [5.41, 5.74) is 2.23. The van der Waals surface area contributed by atoms with Gasteiger partial charge in [-0.1, -0.05) is 15.9 Å². The molecule has 2 heterocycles. The van der Waals surface area contributed by atoms with Crippen molar-refractivity contribution < 1.29 is 9.53 Å². The molecule has 1 atom stereocenters. The van der Waals surface area contributed by atoms with Crippen LogP contribution in [0.4, 0.5) is 0 Å². The van der Waals surface area contributed by atoms with Crippen molar-refractivity contribution in [2.75, 3.05) is 0 Å². The summed E-state index contributed by atoms with van der Waals surface area (Å²) in [7, 11) is 1.86. The van der Waals surface area contributed by atoms with Crippen LogP contribution < -0.4 is 10.1 Å². The normalized spacial score (nSPS) is 12.0. The van der Waals surface area contributed by atoms with Crippen molar-refractivity contribution in [1.82, 2.24) is 24.9 Å². The minimum absolute atomic E-state index is 0.152. The van der Waals surface area contributed by atoms with Crippen LogP contribution in [0, 0.1) is 6.92 Å². The van der Waals surface area contributed by atoms with E-state index in [1.807, 2.05) is 51.4 Å². The molecule has 26 heavy (non-hydrogen) atoms. The smallest absolute Gasteiger partial charge is 0.272 e. The van der Waals surface area contributed by atoms with Crippen molar-refractivity contribution in [3.8, 4) is 5.75 Å². The van der Waals surface area contributed by atoms with Gasteiger partial charge in [0.2, 0.25) is 0 Å². The second kappa shape index (κ2) is 7.74. The van der Waals surface area contributed by atoms with Crippen molar-refractivity contribution >= 4 is 21.8 Å². The monoisotopic (exact) mass is 417 g/mol. The minimum Gasteiger partial charge on any atom is -0.471 e. The Kier molecular flexibility index (Phi) is 5.41. The van der Waals surface area contributed by atoms with Crippen LogP contribution in [-0.2, 0) is 13.8 Å². The molecular formula is C18H20BrN5O2. The molecular weight excluding hydrogens is 398 g/mol. The number of nitrogens with zero attached hydrogens (tertiary/aromatic N) is 4. The molecule has 0 fully saturated rings. The molecule has 1 aromatic carbocycles. The van der Waals surface area contributed by atoms with Gasteiger partial charge in [0, 0.05) is 29.5 Å². The first-order valence-electron chi connectivity index (χ1n) is 8.15. The molecule has 2 aromatic heterocycles. The summed E-state index contributed by atoms with van der Waals surface area (Å²) in [6, 6.07) is 9.04. The highest BCUT2D eigenvalue weighted by molar-refractivity contribution is 9.10. The Morgan fingerprint density at radius 2 is 2.00 bits per heavy atom. The van der Waals surface area contributed by atoms with Crippen LogP contribution in [0.3, 0.4) is 0 Å². The zero-order valence-corrected chi connectivity index (χ0v) is 16.4. The molecule has 0 aliphatic heterocycles. The van der Waals surface area contributed by atoms with Crippen LogP contribution in [-0.4, -0.2) is 25.5 Å². The predicted molar refractivity (Wildman–Crippen MR) is 101 cm³/mol. The summed E-state index contributed by atoms with van der Waals surface area (Å²) < 4.78 is 9.95. The molecule has 7 nitrogen and oxygen atoms in total. The molecule has 0 bridgehead atoms. The van der Waals surface area contributed by atoms with Gasteiger partial charge >= 0.3 is 0 Å². The lowest BCUT2D eigenvalue weighted by atomic mass is 10.1. The highest BCUT2D eigenvalue weighted by Crippen LogP contribution is 2.17. The van der Waals surface area contributed by atoms with Crippen LogP contribution in [0.25, 0.3) is 0 Å². The van der Waals surface area contributed by atoms with E-state index in [1.165, 1.54) is 0 Å². The summed E-state index contributed by atoms with van der Waals surface area (Å²) in [5.74, 6) is 0.499. The number of halogens is 1. The number of ether oxygens (including phenoxy) is 1. The fourth-order valence-electron chi connectivity index (χ4n) is 2.62. The third kappa shape index (κ3) is 4.32. The Hall–Kier alpha value is -2.61. The summed E-state index contributed by atoms with van der Waals surface area (Å²) in [6.07, 6.45) is 3.62. The number of rotatable bonds is 6. The van der Waals surface area contributed by atoms with Crippen molar-refractivity contribution in [3.63, 3.8) is 0 Å². The lowest BCUT2D eigenvalue weighted by molar-refractivity contribution is 0.0932. The van der Waals surface area contributed by atoms with Gasteiger partial charge < -0.3 is 10.1 Å². The fraction of sp³-hybridized carbons (Fsp3) is 0.278. The zero-order valence-electron chi connectivity index (χ0n) is 14.8. The number of aryl methyl sites for hydroxylation is 2. The average Bonchev–Trinajstić information content (AvgIpc) is 3.20. The average molecular weight is 418 g/mol. The number of nitrogens with one attached hydrogen (secondary N) is 1. The highest BCUT2D eigenvalue weighted by Gasteiger charge is 2.17. The van der Waals surface area contributed by atoms with Crippen LogP contribution in [0.2, 0.25) is 0 Å². The molecule has 1 N–H and O–H groups in total. The van der Waals surface area contributed by atoms with Gasteiger partial charge in [-0.15, -0.1) is 0 Å². The molecule has 0 saturated carbocycles. The van der Waals surface area contributed by atoms with Crippen molar-refractivity contribution in [1.29, 1.82) is 0 Å². The second-order valence-corrected chi connectivity index (χ2v) is 6.92. The molecule has 136 valence electrons. The van der Waals surface area contributed by atoms with E-state index in [-0.39, 0.29) is 18.7 Å². The zero-order chi connectivity index (χ0) is 18.7. The first kappa shape index (κ1) is 18.2. The molecule has 3 rings (SSSR count). The van der Waals surface area contributed by atoms with Gasteiger partial charge in [0.1, 0.15) is 11.4 Å². The number of amides is 1. The third-order valence-electron chi connectivity index (χ3n) is 3.92. The van der Waals surface area contributed by atoms with Gasteiger partial charge in [0.15, 0.2) is 6.73 Å². The summed E-state index contributed by atoms with van der Waals surface area (Å²) >= 11 is 3.38. The van der Waals surface area contributed by atoms with E-state index >= 15 is 0 Å². The van der Waals surface area contributed by atoms with Gasteiger partial charge in [-0.2, -0.15) is 10.2 Å². The van der Waals surface area contributed by atoms with Crippen LogP contribution in [0.1, 0.15) is 34.7 Å². The molecule has 1 amide bonds. The lowest BCUT2D eigenvalue weighted by Gasteiger charge is -2.12. The fourth-order valence-corrected chi connectivity index (χ4v) is 2.88. The van der Waals surface area contributed by atoms with Crippen LogP contribution in [0.5, 0.6) is 5.75 Å². The van der Waals surface area contributed by atoms with Gasteiger partial charge in [0.05, 0.1) is 11.7 Å². The Balaban J connectivity index is 1.59. The maximum atomic E-state index is 12.4. The van der Waals surface area contributed by atoms with E-state index in [0.29, 0.717) is 5.69 Å². The number of benzene rings is 1. The Morgan fingerprint density at radius 1 is 1.27 bits per heavy atom. The first-order valence-corrected chi connectivity index (χ1v) is 8.94. The lowest BCUT2D eigenvalue weighted by Crippen LogP contribution is -2.27. The number of aromatic nitrogens is 4. The molecule has 0 spiro atoms. The van der Waals surface area contributed by atoms with Gasteiger partial charge in [-0.3, -0.25) is 9.48 Å². The van der Waals surface area contributed by atoms with Crippen LogP contribution >= 0.6 is 15.9 Å². The number of hydrogen-bond donors (Lipinski definition) is 1. The number of carbonyl (C=O) groups is 1. The standard InChI is InChI=1S/C18H20BrN5O2/c1-12(16-10-23(3)21-13(16)2)20-18(25)17-8-9-24(22-17)11-26-15-6-4-14(19)5-7-15/h4-10,12H,11H2,1-3H3,(H,20,25). The number of carbonyl (C=O) groups excluding carboxylic acids is 1. The Bertz CT molecular complexity index is 901. The second-order valence-electron chi connectivity index (χ2n) is 6.01. The van der Waals surface area contributed by atoms with Crippen molar-refractivity contribution in [3.05, 3.63) is 64.1 Å². The van der Waals surface area contributed by atoms with Crippen molar-refractivity contribution in [2.45, 2.75) is 26.6 Å². The minimum atomic E-state index is -0.233. The summed E-state index contributed by atoms with van der Waals surface area (Å²) in [4.78, 5) is 12.4. The number of hydrogen-bond acceptors (Lipinski definition) is 4. The molecule has 0 radical (unpaired) electrons. The van der Waals surface area contributed by atoms with Gasteiger partial charge in [-0.05, 0) is 44.2 Å².